The van der Waals surface area contributed by atoms with Crippen LogP contribution in [-0.2, 0) is 4.79 Å². The van der Waals surface area contributed by atoms with Crippen LogP contribution in [0.3, 0.4) is 0 Å². The molecule has 4 saturated carbocycles. The lowest BCUT2D eigenvalue weighted by molar-refractivity contribution is -0.123. The highest BCUT2D eigenvalue weighted by atomic mass is 16.1. The smallest absolute Gasteiger partial charge is 0.227 e. The molecule has 2 nitrogen and oxygen atoms in total. The molecule has 1 N–H and O–H groups in total. The molecule has 0 spiro atoms. The standard InChI is InChI=1S/C23H33NO/c1-2-6-21(20-7-4-3-5-8-20)22(25)24-10-9-23-14-17-11-18(15-23)13-19(12-17)16-23/h3-5,7-8,17-19,21H,2,6,9-16H2,1H3,(H,24,25)/t17?,18?,19?,21-,23?/m1/s1. The van der Waals surface area contributed by atoms with Crippen LogP contribution < -0.4 is 5.32 Å². The quantitative estimate of drug-likeness (QED) is 0.718. The maximum atomic E-state index is 12.8. The normalized spacial score (nSPS) is 34.0. The van der Waals surface area contributed by atoms with E-state index in [9.17, 15) is 4.79 Å². The summed E-state index contributed by atoms with van der Waals surface area (Å²) in [6.07, 6.45) is 12.0. The maximum Gasteiger partial charge on any atom is 0.227 e. The van der Waals surface area contributed by atoms with Crippen molar-refractivity contribution in [1.82, 2.24) is 5.32 Å². The van der Waals surface area contributed by atoms with Gasteiger partial charge in [-0.2, -0.15) is 0 Å². The Labute approximate surface area is 152 Å². The first-order valence-electron chi connectivity index (χ1n) is 10.5. The van der Waals surface area contributed by atoms with Gasteiger partial charge in [-0.05, 0) is 80.1 Å². The second kappa shape index (κ2) is 7.13. The molecule has 0 aliphatic heterocycles. The fourth-order valence-corrected chi connectivity index (χ4v) is 6.59. The van der Waals surface area contributed by atoms with E-state index >= 15 is 0 Å². The van der Waals surface area contributed by atoms with Gasteiger partial charge in [0.25, 0.3) is 0 Å². The number of carbonyl (C=O) groups excluding carboxylic acids is 1. The fraction of sp³-hybridized carbons (Fsp3) is 0.696. The summed E-state index contributed by atoms with van der Waals surface area (Å²) in [5.41, 5.74) is 1.73. The van der Waals surface area contributed by atoms with E-state index in [2.05, 4.69) is 24.4 Å². The Morgan fingerprint density at radius 1 is 1.08 bits per heavy atom. The highest BCUT2D eigenvalue weighted by Gasteiger charge is 2.50. The number of benzene rings is 1. The molecule has 1 amide bonds. The van der Waals surface area contributed by atoms with Gasteiger partial charge in [0.1, 0.15) is 0 Å². The maximum absolute atomic E-state index is 12.8. The predicted molar refractivity (Wildman–Crippen MR) is 102 cm³/mol. The molecule has 0 radical (unpaired) electrons. The zero-order valence-electron chi connectivity index (χ0n) is 15.7. The minimum atomic E-state index is 0.0163. The molecule has 25 heavy (non-hydrogen) atoms. The van der Waals surface area contributed by atoms with Crippen LogP contribution in [0.25, 0.3) is 0 Å². The lowest BCUT2D eigenvalue weighted by Gasteiger charge is -2.57. The molecule has 2 heteroatoms. The average Bonchev–Trinajstić information content (AvgIpc) is 2.59. The van der Waals surface area contributed by atoms with Crippen LogP contribution in [0.1, 0.15) is 76.2 Å². The van der Waals surface area contributed by atoms with Crippen LogP contribution in [0.5, 0.6) is 0 Å². The van der Waals surface area contributed by atoms with E-state index in [1.807, 2.05) is 18.2 Å². The van der Waals surface area contributed by atoms with Gasteiger partial charge in [-0.15, -0.1) is 0 Å². The zero-order valence-corrected chi connectivity index (χ0v) is 15.7. The van der Waals surface area contributed by atoms with E-state index in [-0.39, 0.29) is 11.8 Å². The molecule has 4 aliphatic rings. The van der Waals surface area contributed by atoms with Gasteiger partial charge in [0, 0.05) is 6.54 Å². The minimum absolute atomic E-state index is 0.0163. The second-order valence-electron chi connectivity index (χ2n) is 9.21. The van der Waals surface area contributed by atoms with Crippen LogP contribution in [0.2, 0.25) is 0 Å². The van der Waals surface area contributed by atoms with Crippen molar-refractivity contribution in [2.24, 2.45) is 23.2 Å². The van der Waals surface area contributed by atoms with Gasteiger partial charge in [0.15, 0.2) is 0 Å². The molecule has 0 aromatic heterocycles. The SMILES string of the molecule is CCC[C@@H](C(=O)NCCC12CC3CC(CC(C3)C1)C2)c1ccccc1. The molecule has 1 aromatic carbocycles. The Hall–Kier alpha value is -1.31. The molecule has 0 unspecified atom stereocenters. The van der Waals surface area contributed by atoms with Gasteiger partial charge in [-0.3, -0.25) is 4.79 Å². The van der Waals surface area contributed by atoms with Crippen molar-refractivity contribution in [3.63, 3.8) is 0 Å². The summed E-state index contributed by atoms with van der Waals surface area (Å²) in [7, 11) is 0. The fourth-order valence-electron chi connectivity index (χ4n) is 6.59. The monoisotopic (exact) mass is 339 g/mol. The molecule has 4 aliphatic carbocycles. The third-order valence-corrected chi connectivity index (χ3v) is 7.22. The topological polar surface area (TPSA) is 29.1 Å². The third-order valence-electron chi connectivity index (χ3n) is 7.22. The summed E-state index contributed by atoms with van der Waals surface area (Å²) in [5.74, 6) is 3.25. The molecule has 0 saturated heterocycles. The van der Waals surface area contributed by atoms with Crippen LogP contribution in [0.4, 0.5) is 0 Å². The van der Waals surface area contributed by atoms with Crippen molar-refractivity contribution in [2.75, 3.05) is 6.54 Å². The Kier molecular flexibility index (Phi) is 4.88. The number of hydrogen-bond donors (Lipinski definition) is 1. The second-order valence-corrected chi connectivity index (χ2v) is 9.21. The van der Waals surface area contributed by atoms with Crippen molar-refractivity contribution < 1.29 is 4.79 Å². The van der Waals surface area contributed by atoms with Crippen LogP contribution in [0, 0.1) is 23.2 Å². The van der Waals surface area contributed by atoms with Gasteiger partial charge in [-0.1, -0.05) is 43.7 Å². The molecular weight excluding hydrogens is 306 g/mol. The van der Waals surface area contributed by atoms with Crippen LogP contribution >= 0.6 is 0 Å². The highest BCUT2D eigenvalue weighted by molar-refractivity contribution is 5.83. The van der Waals surface area contributed by atoms with E-state index in [0.717, 1.165) is 42.7 Å². The Bertz CT molecular complexity index is 558. The van der Waals surface area contributed by atoms with Crippen molar-refractivity contribution in [3.8, 4) is 0 Å². The van der Waals surface area contributed by atoms with Gasteiger partial charge in [0.05, 0.1) is 5.92 Å². The van der Waals surface area contributed by atoms with Crippen LogP contribution in [0.15, 0.2) is 30.3 Å². The summed E-state index contributed by atoms with van der Waals surface area (Å²) in [4.78, 5) is 12.8. The Morgan fingerprint density at radius 2 is 1.68 bits per heavy atom. The molecule has 0 heterocycles. The Morgan fingerprint density at radius 3 is 2.24 bits per heavy atom. The summed E-state index contributed by atoms with van der Waals surface area (Å²) < 4.78 is 0. The lowest BCUT2D eigenvalue weighted by atomic mass is 9.49. The number of carbonyl (C=O) groups is 1. The molecule has 136 valence electrons. The number of rotatable bonds is 7. The molecular formula is C23H33NO. The van der Waals surface area contributed by atoms with Crippen molar-refractivity contribution in [2.45, 2.75) is 70.6 Å². The Balaban J connectivity index is 1.34. The van der Waals surface area contributed by atoms with E-state index in [0.29, 0.717) is 5.41 Å². The van der Waals surface area contributed by atoms with Gasteiger partial charge >= 0.3 is 0 Å². The summed E-state index contributed by atoms with van der Waals surface area (Å²) in [6, 6.07) is 10.3. The first-order valence-corrected chi connectivity index (χ1v) is 10.5. The van der Waals surface area contributed by atoms with Gasteiger partial charge in [-0.25, -0.2) is 0 Å². The minimum Gasteiger partial charge on any atom is -0.356 e. The average molecular weight is 340 g/mol. The van der Waals surface area contributed by atoms with Gasteiger partial charge < -0.3 is 5.32 Å². The van der Waals surface area contributed by atoms with Gasteiger partial charge in [0.2, 0.25) is 5.91 Å². The van der Waals surface area contributed by atoms with E-state index in [1.54, 1.807) is 0 Å². The summed E-state index contributed by atoms with van der Waals surface area (Å²) in [6.45, 7) is 3.04. The molecule has 5 rings (SSSR count). The number of hydrogen-bond acceptors (Lipinski definition) is 1. The van der Waals surface area contributed by atoms with Crippen molar-refractivity contribution >= 4 is 5.91 Å². The largest absolute Gasteiger partial charge is 0.356 e. The highest BCUT2D eigenvalue weighted by Crippen LogP contribution is 2.61. The molecule has 1 atom stereocenters. The van der Waals surface area contributed by atoms with E-state index in [4.69, 9.17) is 0 Å². The van der Waals surface area contributed by atoms with E-state index in [1.165, 1.54) is 44.9 Å². The van der Waals surface area contributed by atoms with Crippen LogP contribution in [-0.4, -0.2) is 12.5 Å². The number of amides is 1. The molecule has 4 bridgehead atoms. The van der Waals surface area contributed by atoms with Crippen molar-refractivity contribution in [1.29, 1.82) is 0 Å². The molecule has 4 fully saturated rings. The summed E-state index contributed by atoms with van der Waals surface area (Å²) in [5, 5.41) is 3.30. The third kappa shape index (κ3) is 3.64. The van der Waals surface area contributed by atoms with Crippen molar-refractivity contribution in [3.05, 3.63) is 35.9 Å². The lowest BCUT2D eigenvalue weighted by Crippen LogP contribution is -2.47. The summed E-state index contributed by atoms with van der Waals surface area (Å²) >= 11 is 0. The first kappa shape index (κ1) is 17.1. The van der Waals surface area contributed by atoms with E-state index < -0.39 is 0 Å². The first-order chi connectivity index (χ1) is 12.2. The predicted octanol–water partition coefficient (Wildman–Crippen LogP) is 5.29. The zero-order chi connectivity index (χ0) is 17.3. The molecule has 1 aromatic rings. The number of nitrogens with one attached hydrogen (secondary N) is 1.